The second kappa shape index (κ2) is 5.86. The fourth-order valence-electron chi connectivity index (χ4n) is 3.82. The molecule has 1 saturated carbocycles. The van der Waals surface area contributed by atoms with Gasteiger partial charge in [-0.2, -0.15) is 0 Å². The minimum absolute atomic E-state index is 0.155. The van der Waals surface area contributed by atoms with Crippen LogP contribution in [0.25, 0.3) is 20.9 Å². The van der Waals surface area contributed by atoms with Gasteiger partial charge in [-0.1, -0.05) is 12.1 Å². The average Bonchev–Trinajstić information content (AvgIpc) is 3.22. The minimum Gasteiger partial charge on any atom is -0.348 e. The van der Waals surface area contributed by atoms with Gasteiger partial charge < -0.3 is 10.6 Å². The number of benzene rings is 1. The molecule has 2 aromatic heterocycles. The molecule has 1 aliphatic carbocycles. The lowest BCUT2D eigenvalue weighted by Crippen LogP contribution is -2.52. The molecule has 25 heavy (non-hydrogen) atoms. The molecule has 3 atom stereocenters. The second-order valence-electron chi connectivity index (χ2n) is 6.64. The first kappa shape index (κ1) is 14.9. The Morgan fingerprint density at radius 1 is 1.20 bits per heavy atom. The zero-order chi connectivity index (χ0) is 16.8. The number of amides is 1. The highest BCUT2D eigenvalue weighted by Gasteiger charge is 2.44. The van der Waals surface area contributed by atoms with E-state index in [0.717, 1.165) is 34.7 Å². The molecule has 2 aliphatic rings. The van der Waals surface area contributed by atoms with E-state index in [1.165, 1.54) is 11.3 Å². The van der Waals surface area contributed by atoms with Crippen LogP contribution in [-0.2, 0) is 0 Å². The largest absolute Gasteiger partial charge is 0.348 e. The Labute approximate surface area is 148 Å². The van der Waals surface area contributed by atoms with Crippen molar-refractivity contribution in [2.75, 3.05) is 13.1 Å². The quantitative estimate of drug-likeness (QED) is 0.755. The maximum atomic E-state index is 12.8. The Morgan fingerprint density at radius 2 is 2.08 bits per heavy atom. The molecule has 1 aromatic carbocycles. The Balaban J connectivity index is 1.45. The highest BCUT2D eigenvalue weighted by atomic mass is 32.1. The molecule has 3 aromatic rings. The summed E-state index contributed by atoms with van der Waals surface area (Å²) in [5.41, 5.74) is 1.83. The van der Waals surface area contributed by atoms with Gasteiger partial charge in [-0.25, -0.2) is 15.0 Å². The van der Waals surface area contributed by atoms with E-state index in [9.17, 15) is 4.79 Å². The number of thiazole rings is 1. The lowest BCUT2D eigenvalue weighted by atomic mass is 9.71. The van der Waals surface area contributed by atoms with Crippen LogP contribution in [0.3, 0.4) is 0 Å². The molecule has 126 valence electrons. The summed E-state index contributed by atoms with van der Waals surface area (Å²) in [5, 5.41) is 7.27. The van der Waals surface area contributed by atoms with Crippen LogP contribution >= 0.6 is 11.3 Å². The maximum Gasteiger partial charge on any atom is 0.272 e. The summed E-state index contributed by atoms with van der Waals surface area (Å²) in [7, 11) is 0. The molecular weight excluding hydrogens is 334 g/mol. The molecule has 6 nitrogen and oxygen atoms in total. The predicted octanol–water partition coefficient (Wildman–Crippen LogP) is 2.09. The number of rotatable bonds is 3. The molecule has 2 fully saturated rings. The maximum absolute atomic E-state index is 12.8. The fraction of sp³-hybridized carbons (Fsp3) is 0.333. The van der Waals surface area contributed by atoms with Gasteiger partial charge in [0.25, 0.3) is 5.91 Å². The van der Waals surface area contributed by atoms with Crippen LogP contribution in [0.1, 0.15) is 16.9 Å². The van der Waals surface area contributed by atoms with Crippen molar-refractivity contribution < 1.29 is 4.79 Å². The van der Waals surface area contributed by atoms with E-state index in [0.29, 0.717) is 23.2 Å². The fourth-order valence-corrected chi connectivity index (χ4v) is 4.79. The van der Waals surface area contributed by atoms with Crippen LogP contribution in [0.2, 0.25) is 0 Å². The minimum atomic E-state index is -0.155. The van der Waals surface area contributed by atoms with Crippen molar-refractivity contribution >= 4 is 27.5 Å². The monoisotopic (exact) mass is 351 g/mol. The van der Waals surface area contributed by atoms with Crippen molar-refractivity contribution in [2.24, 2.45) is 11.8 Å². The van der Waals surface area contributed by atoms with E-state index in [4.69, 9.17) is 0 Å². The summed E-state index contributed by atoms with van der Waals surface area (Å²) in [4.78, 5) is 26.1. The lowest BCUT2D eigenvalue weighted by molar-refractivity contribution is 0.0828. The van der Waals surface area contributed by atoms with Crippen molar-refractivity contribution in [1.82, 2.24) is 25.6 Å². The highest BCUT2D eigenvalue weighted by Crippen LogP contribution is 2.37. The molecule has 1 amide bonds. The van der Waals surface area contributed by atoms with Crippen LogP contribution in [-0.4, -0.2) is 40.0 Å². The van der Waals surface area contributed by atoms with Gasteiger partial charge in [0.1, 0.15) is 10.7 Å². The summed E-state index contributed by atoms with van der Waals surface area (Å²) in [6, 6.07) is 8.16. The van der Waals surface area contributed by atoms with E-state index in [1.807, 2.05) is 24.3 Å². The zero-order valence-electron chi connectivity index (χ0n) is 13.5. The Morgan fingerprint density at radius 3 is 2.96 bits per heavy atom. The van der Waals surface area contributed by atoms with Crippen molar-refractivity contribution in [3.8, 4) is 10.7 Å². The van der Waals surface area contributed by atoms with E-state index in [2.05, 4.69) is 25.6 Å². The van der Waals surface area contributed by atoms with Gasteiger partial charge in [0.05, 0.1) is 10.2 Å². The standard InChI is InChI=1S/C18H17N5OS/c24-17(22-13-7-10-8-19-9-11(10)13)15-16(21-6-5-20-15)18-23-12-3-1-2-4-14(12)25-18/h1-6,10-11,13,19H,7-9H2,(H,22,24). The first-order chi connectivity index (χ1) is 12.3. The van der Waals surface area contributed by atoms with Gasteiger partial charge in [-0.05, 0) is 36.9 Å². The van der Waals surface area contributed by atoms with Gasteiger partial charge in [-0.15, -0.1) is 11.3 Å². The number of nitrogens with zero attached hydrogens (tertiary/aromatic N) is 3. The van der Waals surface area contributed by atoms with Crippen molar-refractivity contribution in [3.63, 3.8) is 0 Å². The van der Waals surface area contributed by atoms with Crippen LogP contribution in [0.4, 0.5) is 0 Å². The summed E-state index contributed by atoms with van der Waals surface area (Å²) in [6.45, 7) is 2.06. The molecule has 0 radical (unpaired) electrons. The third-order valence-corrected chi connectivity index (χ3v) is 6.23. The SMILES string of the molecule is O=C(NC1CC2CNCC21)c1nccnc1-c1nc2ccccc2s1. The first-order valence-electron chi connectivity index (χ1n) is 8.48. The zero-order valence-corrected chi connectivity index (χ0v) is 14.3. The Bertz CT molecular complexity index is 922. The molecule has 0 spiro atoms. The van der Waals surface area contributed by atoms with Gasteiger partial charge in [0, 0.05) is 25.0 Å². The van der Waals surface area contributed by atoms with E-state index < -0.39 is 0 Å². The van der Waals surface area contributed by atoms with Crippen LogP contribution < -0.4 is 10.6 Å². The third-order valence-electron chi connectivity index (χ3n) is 5.19. The van der Waals surface area contributed by atoms with Gasteiger partial charge in [0.2, 0.25) is 0 Å². The predicted molar refractivity (Wildman–Crippen MR) is 96.4 cm³/mol. The molecule has 0 bridgehead atoms. The van der Waals surface area contributed by atoms with Gasteiger partial charge in [-0.3, -0.25) is 4.79 Å². The van der Waals surface area contributed by atoms with E-state index in [-0.39, 0.29) is 11.9 Å². The van der Waals surface area contributed by atoms with Crippen LogP contribution in [0.5, 0.6) is 0 Å². The molecular formula is C18H17N5OS. The van der Waals surface area contributed by atoms with Crippen molar-refractivity contribution in [1.29, 1.82) is 0 Å². The Hall–Kier alpha value is -2.38. The number of para-hydroxylation sites is 1. The summed E-state index contributed by atoms with van der Waals surface area (Å²) in [6.07, 6.45) is 4.21. The Kier molecular flexibility index (Phi) is 3.50. The number of aromatic nitrogens is 3. The molecule has 3 unspecified atom stereocenters. The normalized spacial score (nSPS) is 24.7. The molecule has 2 N–H and O–H groups in total. The lowest BCUT2D eigenvalue weighted by Gasteiger charge is -2.39. The highest BCUT2D eigenvalue weighted by molar-refractivity contribution is 7.21. The van der Waals surface area contributed by atoms with Crippen LogP contribution in [0.15, 0.2) is 36.7 Å². The number of hydrogen-bond acceptors (Lipinski definition) is 6. The molecule has 1 aliphatic heterocycles. The molecule has 3 heterocycles. The second-order valence-corrected chi connectivity index (χ2v) is 7.67. The number of fused-ring (bicyclic) bond motifs is 2. The average molecular weight is 351 g/mol. The van der Waals surface area contributed by atoms with Crippen molar-refractivity contribution in [3.05, 3.63) is 42.4 Å². The smallest absolute Gasteiger partial charge is 0.272 e. The third kappa shape index (κ3) is 2.51. The van der Waals surface area contributed by atoms with E-state index in [1.54, 1.807) is 12.4 Å². The van der Waals surface area contributed by atoms with Gasteiger partial charge in [0.15, 0.2) is 5.69 Å². The van der Waals surface area contributed by atoms with Gasteiger partial charge >= 0.3 is 0 Å². The summed E-state index contributed by atoms with van der Waals surface area (Å²) >= 11 is 1.53. The van der Waals surface area contributed by atoms with E-state index >= 15 is 0 Å². The first-order valence-corrected chi connectivity index (χ1v) is 9.30. The summed E-state index contributed by atoms with van der Waals surface area (Å²) < 4.78 is 1.08. The molecule has 5 rings (SSSR count). The summed E-state index contributed by atoms with van der Waals surface area (Å²) in [5.74, 6) is 1.10. The topological polar surface area (TPSA) is 79.8 Å². The number of nitrogens with one attached hydrogen (secondary N) is 2. The molecule has 1 saturated heterocycles. The van der Waals surface area contributed by atoms with Crippen molar-refractivity contribution in [2.45, 2.75) is 12.5 Å². The number of carbonyl (C=O) groups excluding carboxylic acids is 1. The molecule has 7 heteroatoms. The number of carbonyl (C=O) groups is 1. The van der Waals surface area contributed by atoms with Crippen LogP contribution in [0, 0.1) is 11.8 Å². The number of hydrogen-bond donors (Lipinski definition) is 2.